The summed E-state index contributed by atoms with van der Waals surface area (Å²) in [6, 6.07) is 4.25. The number of anilines is 1. The Morgan fingerprint density at radius 1 is 1.58 bits per heavy atom. The van der Waals surface area contributed by atoms with Crippen LogP contribution in [0.3, 0.4) is 0 Å². The second kappa shape index (κ2) is 6.38. The molecule has 0 aromatic heterocycles. The van der Waals surface area contributed by atoms with Gasteiger partial charge in [0.25, 0.3) is 5.69 Å². The van der Waals surface area contributed by atoms with Crippen molar-refractivity contribution in [1.82, 2.24) is 0 Å². The monoisotopic (exact) mass is 286 g/mol. The van der Waals surface area contributed by atoms with Crippen molar-refractivity contribution >= 4 is 28.9 Å². The Labute approximate surface area is 115 Å². The fourth-order valence-electron chi connectivity index (χ4n) is 1.71. The number of nitrogens with zero attached hydrogens (tertiary/aromatic N) is 2. The van der Waals surface area contributed by atoms with E-state index in [1.54, 1.807) is 18.7 Å². The maximum absolute atomic E-state index is 11.0. The molecule has 0 amide bonds. The molecule has 0 aliphatic carbocycles. The molecule has 0 saturated carbocycles. The van der Waals surface area contributed by atoms with Crippen molar-refractivity contribution in [1.29, 1.82) is 0 Å². The molecule has 0 fully saturated rings. The van der Waals surface area contributed by atoms with Crippen molar-refractivity contribution in [2.24, 2.45) is 5.92 Å². The van der Waals surface area contributed by atoms with Gasteiger partial charge in [0.05, 0.1) is 10.8 Å². The lowest BCUT2D eigenvalue weighted by Crippen LogP contribution is -2.32. The predicted octanol–water partition coefficient (Wildman–Crippen LogP) is 2.80. The van der Waals surface area contributed by atoms with Crippen LogP contribution in [0.2, 0.25) is 5.02 Å². The van der Waals surface area contributed by atoms with Crippen LogP contribution in [0.15, 0.2) is 18.2 Å². The van der Waals surface area contributed by atoms with Gasteiger partial charge in [-0.05, 0) is 19.1 Å². The van der Waals surface area contributed by atoms with E-state index in [4.69, 9.17) is 16.7 Å². The molecule has 0 aliphatic heterocycles. The maximum atomic E-state index is 11.0. The molecule has 0 saturated heterocycles. The molecule has 19 heavy (non-hydrogen) atoms. The van der Waals surface area contributed by atoms with Gasteiger partial charge in [-0.2, -0.15) is 0 Å². The maximum Gasteiger partial charge on any atom is 0.308 e. The number of nitro benzene ring substituents is 1. The van der Waals surface area contributed by atoms with Crippen LogP contribution in [0.1, 0.15) is 13.8 Å². The van der Waals surface area contributed by atoms with Crippen LogP contribution in [0, 0.1) is 16.0 Å². The number of halogens is 1. The lowest BCUT2D eigenvalue weighted by Gasteiger charge is -2.24. The molecular formula is C12H15ClN2O4. The summed E-state index contributed by atoms with van der Waals surface area (Å²) in [5, 5.41) is 20.3. The minimum Gasteiger partial charge on any atom is -0.481 e. The number of benzene rings is 1. The smallest absolute Gasteiger partial charge is 0.308 e. The van der Waals surface area contributed by atoms with E-state index in [0.29, 0.717) is 17.3 Å². The molecule has 0 radical (unpaired) electrons. The van der Waals surface area contributed by atoms with E-state index in [1.165, 1.54) is 18.2 Å². The highest BCUT2D eigenvalue weighted by molar-refractivity contribution is 6.31. The number of rotatable bonds is 6. The van der Waals surface area contributed by atoms with Gasteiger partial charge in [0.2, 0.25) is 0 Å². The number of carboxylic acids is 1. The van der Waals surface area contributed by atoms with Crippen molar-refractivity contribution in [3.63, 3.8) is 0 Å². The highest BCUT2D eigenvalue weighted by Crippen LogP contribution is 2.31. The summed E-state index contributed by atoms with van der Waals surface area (Å²) in [6.45, 7) is 4.01. The Kier molecular flexibility index (Phi) is 5.11. The molecule has 0 heterocycles. The van der Waals surface area contributed by atoms with E-state index in [-0.39, 0.29) is 12.2 Å². The van der Waals surface area contributed by atoms with E-state index in [0.717, 1.165) is 0 Å². The first-order valence-electron chi connectivity index (χ1n) is 5.78. The molecule has 1 aromatic carbocycles. The SMILES string of the molecule is CCN(CC(C)C(=O)O)c1cc(Cl)ccc1[N+](=O)[O-]. The summed E-state index contributed by atoms with van der Waals surface area (Å²) >= 11 is 5.86. The Hall–Kier alpha value is -1.82. The third-order valence-electron chi connectivity index (χ3n) is 2.77. The fraction of sp³-hybridized carbons (Fsp3) is 0.417. The number of nitro groups is 1. The van der Waals surface area contributed by atoms with Gasteiger partial charge in [0.15, 0.2) is 0 Å². The van der Waals surface area contributed by atoms with E-state index in [2.05, 4.69) is 0 Å². The molecule has 7 heteroatoms. The third kappa shape index (κ3) is 3.82. The zero-order valence-corrected chi connectivity index (χ0v) is 11.4. The van der Waals surface area contributed by atoms with Gasteiger partial charge in [-0.25, -0.2) is 0 Å². The summed E-state index contributed by atoms with van der Waals surface area (Å²) in [6.07, 6.45) is 0. The molecule has 1 unspecified atom stereocenters. The van der Waals surface area contributed by atoms with Crippen LogP contribution in [0.25, 0.3) is 0 Å². The number of carbonyl (C=O) groups is 1. The number of aliphatic carboxylic acids is 1. The second-order valence-corrected chi connectivity index (χ2v) is 4.60. The minimum atomic E-state index is -0.942. The topological polar surface area (TPSA) is 83.7 Å². The molecule has 1 aromatic rings. The Morgan fingerprint density at radius 2 is 2.21 bits per heavy atom. The Bertz CT molecular complexity index is 493. The zero-order chi connectivity index (χ0) is 14.6. The van der Waals surface area contributed by atoms with Crippen molar-refractivity contribution in [3.8, 4) is 0 Å². The first kappa shape index (κ1) is 15.2. The summed E-state index contributed by atoms with van der Waals surface area (Å²) in [4.78, 5) is 23.0. The quantitative estimate of drug-likeness (QED) is 0.642. The highest BCUT2D eigenvalue weighted by Gasteiger charge is 2.22. The van der Waals surface area contributed by atoms with Gasteiger partial charge in [0, 0.05) is 24.2 Å². The van der Waals surface area contributed by atoms with Crippen LogP contribution < -0.4 is 4.90 Å². The van der Waals surface area contributed by atoms with Gasteiger partial charge in [0.1, 0.15) is 5.69 Å². The average Bonchev–Trinajstić information content (AvgIpc) is 2.34. The van der Waals surface area contributed by atoms with Crippen molar-refractivity contribution in [2.75, 3.05) is 18.0 Å². The summed E-state index contributed by atoms with van der Waals surface area (Å²) in [5.74, 6) is -1.57. The van der Waals surface area contributed by atoms with Crippen LogP contribution in [0.4, 0.5) is 11.4 Å². The van der Waals surface area contributed by atoms with E-state index in [9.17, 15) is 14.9 Å². The lowest BCUT2D eigenvalue weighted by molar-refractivity contribution is -0.384. The Morgan fingerprint density at radius 3 is 2.68 bits per heavy atom. The van der Waals surface area contributed by atoms with Crippen LogP contribution in [-0.4, -0.2) is 29.1 Å². The van der Waals surface area contributed by atoms with Gasteiger partial charge in [-0.1, -0.05) is 18.5 Å². The molecule has 104 valence electrons. The van der Waals surface area contributed by atoms with Gasteiger partial charge < -0.3 is 10.0 Å². The molecular weight excluding hydrogens is 272 g/mol. The second-order valence-electron chi connectivity index (χ2n) is 4.17. The molecule has 0 spiro atoms. The number of hydrogen-bond acceptors (Lipinski definition) is 4. The largest absolute Gasteiger partial charge is 0.481 e. The highest BCUT2D eigenvalue weighted by atomic mass is 35.5. The molecule has 0 bridgehead atoms. The normalized spacial score (nSPS) is 11.9. The zero-order valence-electron chi connectivity index (χ0n) is 10.7. The molecule has 1 N–H and O–H groups in total. The molecule has 0 aliphatic rings. The lowest BCUT2D eigenvalue weighted by atomic mass is 10.1. The summed E-state index contributed by atoms with van der Waals surface area (Å²) < 4.78 is 0. The number of carboxylic acid groups (broad SMARTS) is 1. The molecule has 6 nitrogen and oxygen atoms in total. The first-order chi connectivity index (χ1) is 8.86. The first-order valence-corrected chi connectivity index (χ1v) is 6.16. The van der Waals surface area contributed by atoms with Crippen molar-refractivity contribution < 1.29 is 14.8 Å². The van der Waals surface area contributed by atoms with Gasteiger partial charge in [-0.3, -0.25) is 14.9 Å². The number of hydrogen-bond donors (Lipinski definition) is 1. The fourth-order valence-corrected chi connectivity index (χ4v) is 1.88. The minimum absolute atomic E-state index is 0.0798. The third-order valence-corrected chi connectivity index (χ3v) is 3.01. The van der Waals surface area contributed by atoms with E-state index in [1.807, 2.05) is 0 Å². The van der Waals surface area contributed by atoms with E-state index < -0.39 is 16.8 Å². The van der Waals surface area contributed by atoms with Gasteiger partial charge >= 0.3 is 5.97 Å². The summed E-state index contributed by atoms with van der Waals surface area (Å²) in [7, 11) is 0. The summed E-state index contributed by atoms with van der Waals surface area (Å²) in [5.41, 5.74) is 0.261. The molecule has 1 atom stereocenters. The van der Waals surface area contributed by atoms with Crippen LogP contribution >= 0.6 is 11.6 Å². The standard InChI is InChI=1S/C12H15ClN2O4/c1-3-14(7-8(2)12(16)17)11-6-9(13)4-5-10(11)15(18)19/h4-6,8H,3,7H2,1-2H3,(H,16,17). The predicted molar refractivity (Wildman–Crippen MR) is 72.8 cm³/mol. The van der Waals surface area contributed by atoms with Crippen LogP contribution in [0.5, 0.6) is 0 Å². The Balaban J connectivity index is 3.13. The molecule has 1 rings (SSSR count). The average molecular weight is 287 g/mol. The van der Waals surface area contributed by atoms with Crippen LogP contribution in [-0.2, 0) is 4.79 Å². The van der Waals surface area contributed by atoms with E-state index >= 15 is 0 Å². The van der Waals surface area contributed by atoms with Crippen molar-refractivity contribution in [3.05, 3.63) is 33.3 Å². The van der Waals surface area contributed by atoms with Crippen molar-refractivity contribution in [2.45, 2.75) is 13.8 Å². The van der Waals surface area contributed by atoms with Gasteiger partial charge in [-0.15, -0.1) is 0 Å².